The Morgan fingerprint density at radius 1 is 1.36 bits per heavy atom. The Morgan fingerprint density at radius 2 is 1.82 bits per heavy atom. The van der Waals surface area contributed by atoms with Gasteiger partial charge in [0.05, 0.1) is 5.57 Å². The van der Waals surface area contributed by atoms with Gasteiger partial charge in [-0.2, -0.15) is 0 Å². The van der Waals surface area contributed by atoms with Crippen LogP contribution in [0.5, 0.6) is 0 Å². The Hall–Kier alpha value is -1.25. The standard InChI is InChI=1S/C8H11NO2/c1-5(9)4-8(11)6(2)7(3)10/h9H,2,4H2,1,3H3. The summed E-state index contributed by atoms with van der Waals surface area (Å²) >= 11 is 0. The van der Waals surface area contributed by atoms with Crippen LogP contribution in [0.1, 0.15) is 20.3 Å². The van der Waals surface area contributed by atoms with Gasteiger partial charge in [0.2, 0.25) is 0 Å². The van der Waals surface area contributed by atoms with Crippen molar-refractivity contribution in [1.82, 2.24) is 0 Å². The summed E-state index contributed by atoms with van der Waals surface area (Å²) in [4.78, 5) is 21.5. The van der Waals surface area contributed by atoms with E-state index in [1.54, 1.807) is 0 Å². The Morgan fingerprint density at radius 3 is 2.09 bits per heavy atom. The van der Waals surface area contributed by atoms with Crippen molar-refractivity contribution in [2.45, 2.75) is 20.3 Å². The molecule has 3 heteroatoms. The first-order valence-corrected chi connectivity index (χ1v) is 3.22. The van der Waals surface area contributed by atoms with Crippen molar-refractivity contribution in [3.05, 3.63) is 12.2 Å². The van der Waals surface area contributed by atoms with Crippen LogP contribution in [0.3, 0.4) is 0 Å². The number of ketones is 2. The van der Waals surface area contributed by atoms with Gasteiger partial charge in [-0.1, -0.05) is 6.58 Å². The zero-order valence-corrected chi connectivity index (χ0v) is 6.73. The van der Waals surface area contributed by atoms with E-state index in [0.717, 1.165) is 0 Å². The van der Waals surface area contributed by atoms with Crippen molar-refractivity contribution in [2.24, 2.45) is 0 Å². The van der Waals surface area contributed by atoms with Crippen molar-refractivity contribution in [2.75, 3.05) is 0 Å². The number of allylic oxidation sites excluding steroid dienone is 1. The van der Waals surface area contributed by atoms with Gasteiger partial charge in [-0.05, 0) is 13.8 Å². The highest BCUT2D eigenvalue weighted by Gasteiger charge is 2.11. The molecule has 0 aromatic rings. The molecule has 0 rings (SSSR count). The minimum absolute atomic E-state index is 0.00157. The summed E-state index contributed by atoms with van der Waals surface area (Å²) in [7, 11) is 0. The van der Waals surface area contributed by atoms with Crippen LogP contribution >= 0.6 is 0 Å². The maximum Gasteiger partial charge on any atom is 0.171 e. The van der Waals surface area contributed by atoms with Crippen molar-refractivity contribution >= 4 is 17.3 Å². The summed E-state index contributed by atoms with van der Waals surface area (Å²) in [5.74, 6) is -0.679. The SMILES string of the molecule is C=C(C(C)=O)C(=O)CC(C)=N. The van der Waals surface area contributed by atoms with Crippen LogP contribution in [0, 0.1) is 5.41 Å². The van der Waals surface area contributed by atoms with E-state index in [0.29, 0.717) is 0 Å². The lowest BCUT2D eigenvalue weighted by Gasteiger charge is -1.97. The van der Waals surface area contributed by atoms with E-state index in [2.05, 4.69) is 6.58 Å². The van der Waals surface area contributed by atoms with Crippen LogP contribution < -0.4 is 0 Å². The molecule has 0 aliphatic rings. The number of carbonyl (C=O) groups is 2. The number of rotatable bonds is 4. The number of hydrogen-bond donors (Lipinski definition) is 1. The first-order valence-electron chi connectivity index (χ1n) is 3.22. The summed E-state index contributed by atoms with van der Waals surface area (Å²) in [6, 6.07) is 0. The lowest BCUT2D eigenvalue weighted by molar-refractivity contribution is -0.119. The Kier molecular flexibility index (Phi) is 3.37. The van der Waals surface area contributed by atoms with Crippen LogP contribution in [0.4, 0.5) is 0 Å². The zero-order chi connectivity index (χ0) is 9.02. The largest absolute Gasteiger partial charge is 0.310 e. The van der Waals surface area contributed by atoms with Crippen LogP contribution in [-0.2, 0) is 9.59 Å². The molecule has 0 amide bonds. The summed E-state index contributed by atoms with van der Waals surface area (Å²) in [5.41, 5.74) is 0.231. The third kappa shape index (κ3) is 3.45. The van der Waals surface area contributed by atoms with E-state index in [1.165, 1.54) is 13.8 Å². The molecule has 0 aromatic heterocycles. The third-order valence-corrected chi connectivity index (χ3v) is 1.19. The molecule has 0 atom stereocenters. The molecular weight excluding hydrogens is 142 g/mol. The summed E-state index contributed by atoms with van der Waals surface area (Å²) in [6.45, 7) is 6.12. The molecule has 11 heavy (non-hydrogen) atoms. The second-order valence-corrected chi connectivity index (χ2v) is 2.42. The third-order valence-electron chi connectivity index (χ3n) is 1.19. The minimum atomic E-state index is -0.356. The molecule has 3 nitrogen and oxygen atoms in total. The molecule has 0 spiro atoms. The summed E-state index contributed by atoms with van der Waals surface area (Å²) < 4.78 is 0. The average molecular weight is 153 g/mol. The van der Waals surface area contributed by atoms with Gasteiger partial charge in [0.1, 0.15) is 0 Å². The van der Waals surface area contributed by atoms with E-state index < -0.39 is 0 Å². The highest BCUT2D eigenvalue weighted by atomic mass is 16.1. The number of Topliss-reactive ketones (excluding diaryl/α,β-unsaturated/α-hetero) is 2. The molecule has 0 unspecified atom stereocenters. The average Bonchev–Trinajstić information content (AvgIpc) is 1.84. The van der Waals surface area contributed by atoms with Crippen LogP contribution in [0.25, 0.3) is 0 Å². The van der Waals surface area contributed by atoms with Gasteiger partial charge in [0.25, 0.3) is 0 Å². The van der Waals surface area contributed by atoms with Crippen molar-refractivity contribution in [1.29, 1.82) is 5.41 Å². The van der Waals surface area contributed by atoms with Gasteiger partial charge in [-0.25, -0.2) is 0 Å². The van der Waals surface area contributed by atoms with Gasteiger partial charge >= 0.3 is 0 Å². The first-order chi connectivity index (χ1) is 4.95. The maximum absolute atomic E-state index is 10.9. The van der Waals surface area contributed by atoms with Crippen LogP contribution in [0.15, 0.2) is 12.2 Å². The fourth-order valence-corrected chi connectivity index (χ4v) is 0.544. The fourth-order valence-electron chi connectivity index (χ4n) is 0.544. The highest BCUT2D eigenvalue weighted by Crippen LogP contribution is 1.98. The fraction of sp³-hybridized carbons (Fsp3) is 0.375. The molecule has 0 heterocycles. The van der Waals surface area contributed by atoms with E-state index in [9.17, 15) is 9.59 Å². The quantitative estimate of drug-likeness (QED) is 0.285. The molecule has 0 saturated heterocycles. The molecular formula is C8H11NO2. The van der Waals surface area contributed by atoms with E-state index in [4.69, 9.17) is 5.41 Å². The number of hydrogen-bond acceptors (Lipinski definition) is 3. The molecule has 0 fully saturated rings. The van der Waals surface area contributed by atoms with Crippen molar-refractivity contribution in [3.63, 3.8) is 0 Å². The van der Waals surface area contributed by atoms with E-state index >= 15 is 0 Å². The smallest absolute Gasteiger partial charge is 0.171 e. The Bertz CT molecular complexity index is 228. The molecule has 0 radical (unpaired) electrons. The minimum Gasteiger partial charge on any atom is -0.310 e. The maximum atomic E-state index is 10.9. The topological polar surface area (TPSA) is 58.0 Å². The summed E-state index contributed by atoms with van der Waals surface area (Å²) in [5, 5.41) is 6.99. The number of carbonyl (C=O) groups excluding carboxylic acids is 2. The van der Waals surface area contributed by atoms with Gasteiger partial charge in [-0.15, -0.1) is 0 Å². The molecule has 1 N–H and O–H groups in total. The highest BCUT2D eigenvalue weighted by molar-refractivity contribution is 6.22. The van der Waals surface area contributed by atoms with Gasteiger partial charge in [0.15, 0.2) is 11.6 Å². The second kappa shape index (κ2) is 3.81. The van der Waals surface area contributed by atoms with Crippen molar-refractivity contribution < 1.29 is 9.59 Å². The molecule has 0 saturated carbocycles. The van der Waals surface area contributed by atoms with Crippen LogP contribution in [-0.4, -0.2) is 17.3 Å². The van der Waals surface area contributed by atoms with E-state index in [-0.39, 0.29) is 29.3 Å². The molecule has 0 aliphatic carbocycles. The summed E-state index contributed by atoms with van der Waals surface area (Å²) in [6.07, 6.45) is -0.00157. The lowest BCUT2D eigenvalue weighted by Crippen LogP contribution is -2.11. The lowest BCUT2D eigenvalue weighted by atomic mass is 10.1. The normalized spacial score (nSPS) is 8.91. The van der Waals surface area contributed by atoms with Gasteiger partial charge < -0.3 is 5.41 Å². The first kappa shape index (κ1) is 9.75. The molecule has 0 bridgehead atoms. The second-order valence-electron chi connectivity index (χ2n) is 2.42. The van der Waals surface area contributed by atoms with Gasteiger partial charge in [-0.3, -0.25) is 9.59 Å². The van der Waals surface area contributed by atoms with Crippen molar-refractivity contribution in [3.8, 4) is 0 Å². The predicted molar refractivity (Wildman–Crippen MR) is 42.8 cm³/mol. The monoisotopic (exact) mass is 153 g/mol. The van der Waals surface area contributed by atoms with Gasteiger partial charge in [0, 0.05) is 12.1 Å². The zero-order valence-electron chi connectivity index (χ0n) is 6.73. The molecule has 0 aliphatic heterocycles. The number of nitrogens with one attached hydrogen (secondary N) is 1. The molecule has 0 aromatic carbocycles. The Balaban J connectivity index is 4.16. The predicted octanol–water partition coefficient (Wildman–Crippen LogP) is 1.13. The Labute approximate surface area is 65.6 Å². The van der Waals surface area contributed by atoms with E-state index in [1.807, 2.05) is 0 Å². The van der Waals surface area contributed by atoms with Crippen LogP contribution in [0.2, 0.25) is 0 Å². The molecule has 60 valence electrons.